The molecule has 1 unspecified atom stereocenters. The number of amides is 3. The van der Waals surface area contributed by atoms with E-state index in [4.69, 9.17) is 27.8 Å². The highest BCUT2D eigenvalue weighted by Gasteiger charge is 2.26. The number of benzene rings is 3. The van der Waals surface area contributed by atoms with E-state index in [0.717, 1.165) is 37.7 Å². The molecule has 0 saturated carbocycles. The van der Waals surface area contributed by atoms with Crippen molar-refractivity contribution >= 4 is 29.6 Å². The number of hydrogen-bond donors (Lipinski definition) is 3. The van der Waals surface area contributed by atoms with Crippen molar-refractivity contribution < 1.29 is 19.5 Å². The molecule has 0 bridgehead atoms. The summed E-state index contributed by atoms with van der Waals surface area (Å²) in [5.74, 6) is 5.91. The van der Waals surface area contributed by atoms with E-state index in [1.807, 2.05) is 24.3 Å². The van der Waals surface area contributed by atoms with E-state index in [1.54, 1.807) is 18.2 Å². The first-order valence-corrected chi connectivity index (χ1v) is 14.4. The molecule has 0 radical (unpaired) electrons. The van der Waals surface area contributed by atoms with Crippen LogP contribution in [-0.2, 0) is 4.79 Å². The smallest absolute Gasteiger partial charge is 0.338 e. The van der Waals surface area contributed by atoms with Crippen LogP contribution in [0.25, 0.3) is 6.08 Å². The fraction of sp³-hybridized carbons (Fsp3) is 0.273. The van der Waals surface area contributed by atoms with Gasteiger partial charge in [0.05, 0.1) is 12.6 Å². The summed E-state index contributed by atoms with van der Waals surface area (Å²) >= 11 is 6.17. The van der Waals surface area contributed by atoms with Gasteiger partial charge in [0.2, 0.25) is 5.91 Å². The van der Waals surface area contributed by atoms with Gasteiger partial charge >= 0.3 is 6.03 Å². The van der Waals surface area contributed by atoms with Crippen LogP contribution in [0, 0.1) is 11.8 Å². The maximum absolute atomic E-state index is 11.4. The summed E-state index contributed by atoms with van der Waals surface area (Å²) in [7, 11) is 0. The SMILES string of the molecule is NC(=O)/C=C/c1cc(C#CCCN(O)C(N)=O)ccc1OCCN1CCN(C(c2ccccc2)c2ccc(Cl)cc2)CC1. The van der Waals surface area contributed by atoms with Crippen molar-refractivity contribution in [3.05, 3.63) is 106 Å². The molecule has 3 amide bonds. The fourth-order valence-corrected chi connectivity index (χ4v) is 5.05. The largest absolute Gasteiger partial charge is 0.492 e. The first kappa shape index (κ1) is 31.6. The lowest BCUT2D eigenvalue weighted by atomic mass is 9.96. The second kappa shape index (κ2) is 15.8. The third-order valence-corrected chi connectivity index (χ3v) is 7.36. The third kappa shape index (κ3) is 9.60. The van der Waals surface area contributed by atoms with Crippen LogP contribution in [0.5, 0.6) is 5.75 Å². The Balaban J connectivity index is 1.34. The number of hydrogen-bond acceptors (Lipinski definition) is 6. The van der Waals surface area contributed by atoms with E-state index < -0.39 is 11.9 Å². The number of halogens is 1. The minimum Gasteiger partial charge on any atom is -0.492 e. The Labute approximate surface area is 257 Å². The summed E-state index contributed by atoms with van der Waals surface area (Å²) in [6.07, 6.45) is 3.12. The summed E-state index contributed by atoms with van der Waals surface area (Å²) in [5, 5.41) is 10.5. The molecule has 9 nitrogen and oxygen atoms in total. The lowest BCUT2D eigenvalue weighted by Crippen LogP contribution is -2.48. The van der Waals surface area contributed by atoms with Crippen molar-refractivity contribution in [2.24, 2.45) is 11.5 Å². The molecule has 43 heavy (non-hydrogen) atoms. The molecule has 0 aromatic heterocycles. The van der Waals surface area contributed by atoms with Gasteiger partial charge in [-0.25, -0.2) is 9.86 Å². The Hall–Kier alpha value is -4.33. The van der Waals surface area contributed by atoms with Gasteiger partial charge in [0, 0.05) is 61.4 Å². The van der Waals surface area contributed by atoms with Crippen LogP contribution in [-0.4, -0.2) is 77.9 Å². The van der Waals surface area contributed by atoms with Crippen LogP contribution in [0.15, 0.2) is 78.9 Å². The van der Waals surface area contributed by atoms with Gasteiger partial charge < -0.3 is 16.2 Å². The Bertz CT molecular complexity index is 1460. The second-order valence-corrected chi connectivity index (χ2v) is 10.5. The molecule has 3 aromatic carbocycles. The zero-order valence-corrected chi connectivity index (χ0v) is 24.6. The molecule has 1 atom stereocenters. The van der Waals surface area contributed by atoms with Crippen molar-refractivity contribution in [3.63, 3.8) is 0 Å². The molecular weight excluding hydrogens is 566 g/mol. The first-order valence-electron chi connectivity index (χ1n) is 14.1. The van der Waals surface area contributed by atoms with Crippen molar-refractivity contribution in [2.75, 3.05) is 45.9 Å². The molecule has 10 heteroatoms. The van der Waals surface area contributed by atoms with Gasteiger partial charge in [-0.2, -0.15) is 0 Å². The van der Waals surface area contributed by atoms with E-state index in [1.165, 1.54) is 17.2 Å². The van der Waals surface area contributed by atoms with Crippen LogP contribution in [0.3, 0.4) is 0 Å². The highest BCUT2D eigenvalue weighted by atomic mass is 35.5. The summed E-state index contributed by atoms with van der Waals surface area (Å²) in [6.45, 7) is 4.87. The molecule has 1 aliphatic heterocycles. The normalized spacial score (nSPS) is 14.6. The molecule has 0 aliphatic carbocycles. The number of rotatable bonds is 11. The number of hydroxylamine groups is 2. The summed E-state index contributed by atoms with van der Waals surface area (Å²) in [5.41, 5.74) is 14.1. The van der Waals surface area contributed by atoms with Crippen LogP contribution in [0.1, 0.15) is 34.7 Å². The number of primary amides is 2. The van der Waals surface area contributed by atoms with Gasteiger partial charge in [-0.3, -0.25) is 19.8 Å². The van der Waals surface area contributed by atoms with Gasteiger partial charge in [0.1, 0.15) is 12.4 Å². The lowest BCUT2D eigenvalue weighted by Gasteiger charge is -2.39. The zero-order valence-electron chi connectivity index (χ0n) is 23.9. The monoisotopic (exact) mass is 601 g/mol. The van der Waals surface area contributed by atoms with Crippen molar-refractivity contribution in [2.45, 2.75) is 12.5 Å². The topological polar surface area (TPSA) is 125 Å². The van der Waals surface area contributed by atoms with Crippen molar-refractivity contribution in [1.29, 1.82) is 0 Å². The fourth-order valence-electron chi connectivity index (χ4n) is 4.92. The van der Waals surface area contributed by atoms with Crippen LogP contribution in [0.4, 0.5) is 4.79 Å². The van der Waals surface area contributed by atoms with E-state index in [2.05, 4.69) is 58.0 Å². The van der Waals surface area contributed by atoms with Gasteiger partial charge in [-0.15, -0.1) is 0 Å². The number of ether oxygens (including phenoxy) is 1. The zero-order chi connectivity index (χ0) is 30.6. The quantitative estimate of drug-likeness (QED) is 0.131. The van der Waals surface area contributed by atoms with Gasteiger partial charge in [-0.1, -0.05) is 65.9 Å². The van der Waals surface area contributed by atoms with E-state index in [-0.39, 0.29) is 19.0 Å². The predicted molar refractivity (Wildman–Crippen MR) is 167 cm³/mol. The summed E-state index contributed by atoms with van der Waals surface area (Å²) in [6, 6.07) is 23.3. The lowest BCUT2D eigenvalue weighted by molar-refractivity contribution is -0.113. The minimum atomic E-state index is -0.932. The molecule has 1 fully saturated rings. The molecule has 0 spiro atoms. The molecule has 4 rings (SSSR count). The molecule has 5 N–H and O–H groups in total. The average Bonchev–Trinajstić information content (AvgIpc) is 3.01. The number of urea groups is 1. The maximum Gasteiger partial charge on any atom is 0.338 e. The Morgan fingerprint density at radius 2 is 1.70 bits per heavy atom. The van der Waals surface area contributed by atoms with Gasteiger partial charge in [0.15, 0.2) is 0 Å². The molecular formula is C33H36ClN5O4. The third-order valence-electron chi connectivity index (χ3n) is 7.11. The minimum absolute atomic E-state index is 0.000260. The first-order chi connectivity index (χ1) is 20.8. The number of nitrogens with zero attached hydrogens (tertiary/aromatic N) is 3. The van der Waals surface area contributed by atoms with E-state index in [0.29, 0.717) is 28.5 Å². The van der Waals surface area contributed by atoms with Gasteiger partial charge in [-0.05, 0) is 47.5 Å². The van der Waals surface area contributed by atoms with Gasteiger partial charge in [0.25, 0.3) is 0 Å². The van der Waals surface area contributed by atoms with E-state index in [9.17, 15) is 14.8 Å². The Kier molecular flexibility index (Phi) is 11.6. The predicted octanol–water partition coefficient (Wildman–Crippen LogP) is 4.14. The number of carbonyl (C=O) groups excluding carboxylic acids is 2. The molecule has 1 heterocycles. The van der Waals surface area contributed by atoms with Crippen LogP contribution < -0.4 is 16.2 Å². The number of piperazine rings is 1. The molecule has 224 valence electrons. The summed E-state index contributed by atoms with van der Waals surface area (Å²) in [4.78, 5) is 27.2. The Morgan fingerprint density at radius 3 is 2.37 bits per heavy atom. The summed E-state index contributed by atoms with van der Waals surface area (Å²) < 4.78 is 6.12. The molecule has 1 saturated heterocycles. The number of nitrogens with two attached hydrogens (primary N) is 2. The van der Waals surface area contributed by atoms with Crippen LogP contribution in [0.2, 0.25) is 5.02 Å². The highest BCUT2D eigenvalue weighted by Crippen LogP contribution is 2.30. The van der Waals surface area contributed by atoms with Crippen LogP contribution >= 0.6 is 11.6 Å². The van der Waals surface area contributed by atoms with Crippen molar-refractivity contribution in [3.8, 4) is 17.6 Å². The standard InChI is InChI=1S/C33H36ClN5O4/c34-29-13-10-27(11-14-29)32(26-7-2-1-3-8-26)38-20-18-37(19-21-38)22-23-43-30-15-9-25(24-28(30)12-16-31(35)40)6-4-5-17-39(42)33(36)41/h1-3,7-16,24,32,42H,5,17-23H2,(H2,35,40)(H2,36,41)/b16-12+. The van der Waals surface area contributed by atoms with Crippen molar-refractivity contribution in [1.82, 2.24) is 14.9 Å². The maximum atomic E-state index is 11.4. The number of carbonyl (C=O) groups is 2. The molecule has 3 aromatic rings. The average molecular weight is 602 g/mol. The molecule has 1 aliphatic rings. The second-order valence-electron chi connectivity index (χ2n) is 10.1. The highest BCUT2D eigenvalue weighted by molar-refractivity contribution is 6.30. The Morgan fingerprint density at radius 1 is 1.00 bits per heavy atom. The van der Waals surface area contributed by atoms with E-state index >= 15 is 0 Å².